The molecule has 1 aromatic carbocycles. The van der Waals surface area contributed by atoms with Crippen LogP contribution in [0.25, 0.3) is 0 Å². The molecule has 0 spiro atoms. The predicted molar refractivity (Wildman–Crippen MR) is 70.1 cm³/mol. The lowest BCUT2D eigenvalue weighted by molar-refractivity contribution is -0.119. The van der Waals surface area contributed by atoms with Gasteiger partial charge in [-0.2, -0.15) is 0 Å². The van der Waals surface area contributed by atoms with Crippen molar-refractivity contribution in [1.29, 1.82) is 0 Å². The number of anilines is 1. The molecule has 1 aliphatic heterocycles. The summed E-state index contributed by atoms with van der Waals surface area (Å²) < 4.78 is 3.07. The van der Waals surface area contributed by atoms with Gasteiger partial charge in [-0.1, -0.05) is 0 Å². The Bertz CT molecular complexity index is 457. The van der Waals surface area contributed by atoms with Crippen molar-refractivity contribution >= 4 is 23.5 Å². The lowest BCUT2D eigenvalue weighted by Crippen LogP contribution is -2.30. The first-order chi connectivity index (χ1) is 8.29. The average molecular weight is 248 g/mol. The van der Waals surface area contributed by atoms with E-state index in [0.717, 1.165) is 31.5 Å². The van der Waals surface area contributed by atoms with Crippen molar-refractivity contribution in [3.63, 3.8) is 0 Å². The van der Waals surface area contributed by atoms with Crippen molar-refractivity contribution in [1.82, 2.24) is 4.72 Å². The van der Waals surface area contributed by atoms with Crippen LogP contribution in [0.15, 0.2) is 23.1 Å². The first-order valence-electron chi connectivity index (χ1n) is 6.07. The van der Waals surface area contributed by atoms with E-state index in [1.165, 1.54) is 10.5 Å². The molecule has 4 heteroatoms. The third-order valence-corrected chi connectivity index (χ3v) is 4.05. The molecule has 3 rings (SSSR count). The highest BCUT2D eigenvalue weighted by Crippen LogP contribution is 2.37. The highest BCUT2D eigenvalue weighted by atomic mass is 32.2. The van der Waals surface area contributed by atoms with Gasteiger partial charge in [0, 0.05) is 23.0 Å². The molecule has 1 fully saturated rings. The molecule has 1 amide bonds. The molecule has 1 aromatic rings. The molecule has 0 bridgehead atoms. The Morgan fingerprint density at radius 3 is 3.00 bits per heavy atom. The molecule has 1 saturated carbocycles. The van der Waals surface area contributed by atoms with E-state index in [1.54, 1.807) is 11.9 Å². The van der Waals surface area contributed by atoms with Crippen molar-refractivity contribution in [3.05, 3.63) is 23.8 Å². The van der Waals surface area contributed by atoms with Crippen molar-refractivity contribution in [2.45, 2.75) is 24.2 Å². The van der Waals surface area contributed by atoms with Gasteiger partial charge in [-0.3, -0.25) is 9.52 Å². The normalized spacial score (nSPS) is 18.3. The summed E-state index contributed by atoms with van der Waals surface area (Å²) >= 11 is 1.62. The zero-order valence-electron chi connectivity index (χ0n) is 9.90. The van der Waals surface area contributed by atoms with Crippen LogP contribution in [0.3, 0.4) is 0 Å². The van der Waals surface area contributed by atoms with Crippen molar-refractivity contribution in [3.8, 4) is 0 Å². The number of carbonyl (C=O) groups excluding carboxylic acids is 1. The maximum atomic E-state index is 12.1. The minimum atomic E-state index is 0.312. The van der Waals surface area contributed by atoms with Crippen LogP contribution in [-0.2, 0) is 11.2 Å². The van der Waals surface area contributed by atoms with Crippen molar-refractivity contribution in [2.75, 3.05) is 18.5 Å². The van der Waals surface area contributed by atoms with Gasteiger partial charge in [0.05, 0.1) is 0 Å². The first-order valence-corrected chi connectivity index (χ1v) is 6.89. The maximum absolute atomic E-state index is 12.1. The van der Waals surface area contributed by atoms with Crippen LogP contribution in [0.1, 0.15) is 18.4 Å². The van der Waals surface area contributed by atoms with Crippen LogP contribution in [0, 0.1) is 5.92 Å². The smallest absolute Gasteiger partial charge is 0.230 e. The van der Waals surface area contributed by atoms with E-state index < -0.39 is 0 Å². The molecule has 90 valence electrons. The van der Waals surface area contributed by atoms with Crippen LogP contribution < -0.4 is 9.62 Å². The van der Waals surface area contributed by atoms with Gasteiger partial charge in [0.15, 0.2) is 0 Å². The lowest BCUT2D eigenvalue weighted by Gasteiger charge is -2.17. The first kappa shape index (κ1) is 11.1. The number of hydrogen-bond donors (Lipinski definition) is 1. The number of benzene rings is 1. The van der Waals surface area contributed by atoms with E-state index in [9.17, 15) is 4.79 Å². The van der Waals surface area contributed by atoms with Gasteiger partial charge in [-0.05, 0) is 62.0 Å². The minimum Gasteiger partial charge on any atom is -0.312 e. The van der Waals surface area contributed by atoms with Gasteiger partial charge in [-0.25, -0.2) is 0 Å². The summed E-state index contributed by atoms with van der Waals surface area (Å²) in [4.78, 5) is 15.3. The Hall–Kier alpha value is -1.00. The molecule has 0 aromatic heterocycles. The molecular formula is C13H16N2OS. The number of amides is 1. The van der Waals surface area contributed by atoms with E-state index in [4.69, 9.17) is 0 Å². The van der Waals surface area contributed by atoms with Gasteiger partial charge < -0.3 is 4.90 Å². The van der Waals surface area contributed by atoms with Crippen LogP contribution in [-0.4, -0.2) is 19.5 Å². The summed E-state index contributed by atoms with van der Waals surface area (Å²) in [7, 11) is 1.92. The summed E-state index contributed by atoms with van der Waals surface area (Å²) in [5.41, 5.74) is 2.43. The van der Waals surface area contributed by atoms with Crippen LogP contribution in [0.5, 0.6) is 0 Å². The molecule has 1 aliphatic carbocycles. The molecule has 1 N–H and O–H groups in total. The molecule has 17 heavy (non-hydrogen) atoms. The Morgan fingerprint density at radius 2 is 2.29 bits per heavy atom. The van der Waals surface area contributed by atoms with E-state index in [1.807, 2.05) is 11.9 Å². The fourth-order valence-electron chi connectivity index (χ4n) is 2.34. The Morgan fingerprint density at radius 1 is 1.47 bits per heavy atom. The number of rotatable bonds is 3. The van der Waals surface area contributed by atoms with E-state index in [2.05, 4.69) is 22.9 Å². The summed E-state index contributed by atoms with van der Waals surface area (Å²) in [6, 6.07) is 6.36. The highest BCUT2D eigenvalue weighted by Gasteiger charge is 2.36. The number of carbonyl (C=O) groups is 1. The van der Waals surface area contributed by atoms with E-state index in [-0.39, 0.29) is 0 Å². The monoisotopic (exact) mass is 248 g/mol. The number of hydrogen-bond acceptors (Lipinski definition) is 3. The van der Waals surface area contributed by atoms with Crippen molar-refractivity contribution < 1.29 is 4.79 Å². The summed E-state index contributed by atoms with van der Waals surface area (Å²) in [5, 5.41) is 0. The standard InChI is InChI=1S/C13H16N2OS/c1-14-17-11-4-5-12-10(8-11)6-7-15(12)13(16)9-2-3-9/h4-5,8-9,14H,2-3,6-7H2,1H3. The second kappa shape index (κ2) is 4.35. The second-order valence-corrected chi connectivity index (χ2v) is 5.69. The largest absolute Gasteiger partial charge is 0.312 e. The SMILES string of the molecule is CNSc1ccc2c(c1)CCN2C(=O)C1CC1. The predicted octanol–water partition coefficient (Wildman–Crippen LogP) is 2.21. The van der Waals surface area contributed by atoms with E-state index in [0.29, 0.717) is 11.8 Å². The number of fused-ring (bicyclic) bond motifs is 1. The van der Waals surface area contributed by atoms with Gasteiger partial charge in [0.2, 0.25) is 5.91 Å². The number of nitrogens with zero attached hydrogens (tertiary/aromatic N) is 1. The molecule has 0 saturated heterocycles. The average Bonchev–Trinajstić information content (AvgIpc) is 3.09. The van der Waals surface area contributed by atoms with E-state index >= 15 is 0 Å². The topological polar surface area (TPSA) is 32.3 Å². The second-order valence-electron chi connectivity index (χ2n) is 4.61. The summed E-state index contributed by atoms with van der Waals surface area (Å²) in [6.07, 6.45) is 3.16. The number of nitrogens with one attached hydrogen (secondary N) is 1. The lowest BCUT2D eigenvalue weighted by atomic mass is 10.2. The van der Waals surface area contributed by atoms with Gasteiger partial charge in [0.1, 0.15) is 0 Å². The molecule has 0 atom stereocenters. The van der Waals surface area contributed by atoms with Crippen LogP contribution in [0.4, 0.5) is 5.69 Å². The maximum Gasteiger partial charge on any atom is 0.230 e. The van der Waals surface area contributed by atoms with Crippen LogP contribution in [0.2, 0.25) is 0 Å². The highest BCUT2D eigenvalue weighted by molar-refractivity contribution is 7.97. The fourth-order valence-corrected chi connectivity index (χ4v) is 2.91. The Labute approximate surface area is 106 Å². The third kappa shape index (κ3) is 2.07. The van der Waals surface area contributed by atoms with Gasteiger partial charge >= 0.3 is 0 Å². The van der Waals surface area contributed by atoms with Crippen molar-refractivity contribution in [2.24, 2.45) is 5.92 Å². The molecule has 1 heterocycles. The molecular weight excluding hydrogens is 232 g/mol. The van der Waals surface area contributed by atoms with Gasteiger partial charge in [0.25, 0.3) is 0 Å². The molecule has 0 radical (unpaired) electrons. The third-order valence-electron chi connectivity index (χ3n) is 3.36. The quantitative estimate of drug-likeness (QED) is 0.832. The Kier molecular flexibility index (Phi) is 2.84. The fraction of sp³-hybridized carbons (Fsp3) is 0.462. The van der Waals surface area contributed by atoms with Crippen LogP contribution >= 0.6 is 11.9 Å². The summed E-state index contributed by atoms with van der Waals surface area (Å²) in [6.45, 7) is 0.859. The van der Waals surface area contributed by atoms with Gasteiger partial charge in [-0.15, -0.1) is 0 Å². The Balaban J connectivity index is 1.84. The zero-order chi connectivity index (χ0) is 11.8. The molecule has 3 nitrogen and oxygen atoms in total. The molecule has 0 unspecified atom stereocenters. The zero-order valence-corrected chi connectivity index (χ0v) is 10.7. The minimum absolute atomic E-state index is 0.312. The molecule has 2 aliphatic rings. The summed E-state index contributed by atoms with van der Waals surface area (Å²) in [5.74, 6) is 0.644.